The number of carbonyl (C=O) groups excluding carboxylic acids is 1. The third-order valence-electron chi connectivity index (χ3n) is 5.12. The molecule has 0 atom stereocenters. The van der Waals surface area contributed by atoms with Gasteiger partial charge in [-0.15, -0.1) is 0 Å². The van der Waals surface area contributed by atoms with Gasteiger partial charge < -0.3 is 18.5 Å². The molecule has 8 heteroatoms. The second-order valence-corrected chi connectivity index (χ2v) is 9.51. The van der Waals surface area contributed by atoms with E-state index < -0.39 is 15.7 Å². The average molecular weight is 480 g/mol. The number of carbonyl (C=O) groups is 1. The van der Waals surface area contributed by atoms with Crippen LogP contribution in [0.2, 0.25) is 0 Å². The van der Waals surface area contributed by atoms with E-state index >= 15 is 0 Å². The molecule has 0 aliphatic carbocycles. The minimum Gasteiger partial charge on any atom is -0.493 e. The summed E-state index contributed by atoms with van der Waals surface area (Å²) in [5.74, 6) is 0.738. The summed E-state index contributed by atoms with van der Waals surface area (Å²) in [6.07, 6.45) is 2.39. The van der Waals surface area contributed by atoms with Crippen molar-refractivity contribution in [3.8, 4) is 5.75 Å². The highest BCUT2D eigenvalue weighted by Crippen LogP contribution is 2.26. The quantitative estimate of drug-likeness (QED) is 0.305. The van der Waals surface area contributed by atoms with Crippen molar-refractivity contribution < 1.29 is 26.8 Å². The van der Waals surface area contributed by atoms with Gasteiger partial charge in [0.2, 0.25) is 14.9 Å². The van der Waals surface area contributed by atoms with Crippen molar-refractivity contribution in [2.75, 3.05) is 6.61 Å². The fourth-order valence-electron chi connectivity index (χ4n) is 3.43. The predicted octanol–water partition coefficient (Wildman–Crippen LogP) is 5.34. The molecule has 1 amide bonds. The predicted molar refractivity (Wildman–Crippen MR) is 125 cm³/mol. The fraction of sp³-hybridized carbons (Fsp3) is 0.192. The zero-order chi connectivity index (χ0) is 24.0. The Bertz CT molecular complexity index is 1330. The molecule has 4 aromatic rings. The summed E-state index contributed by atoms with van der Waals surface area (Å²) < 4.78 is 42.6. The lowest BCUT2D eigenvalue weighted by Crippen LogP contribution is -2.30. The van der Waals surface area contributed by atoms with Crippen LogP contribution in [-0.4, -0.2) is 25.8 Å². The molecule has 2 aromatic heterocycles. The summed E-state index contributed by atoms with van der Waals surface area (Å²) in [6.45, 7) is 2.98. The van der Waals surface area contributed by atoms with E-state index in [0.717, 1.165) is 12.0 Å². The minimum absolute atomic E-state index is 0.0759. The van der Waals surface area contributed by atoms with E-state index in [2.05, 4.69) is 0 Å². The van der Waals surface area contributed by atoms with E-state index in [0.29, 0.717) is 18.1 Å². The number of nitrogens with zero attached hydrogens (tertiary/aromatic N) is 1. The third kappa shape index (κ3) is 5.23. The van der Waals surface area contributed by atoms with Crippen molar-refractivity contribution in [1.29, 1.82) is 0 Å². The van der Waals surface area contributed by atoms with E-state index in [1.165, 1.54) is 35.4 Å². The van der Waals surface area contributed by atoms with Gasteiger partial charge in [0.05, 0.1) is 30.9 Å². The van der Waals surface area contributed by atoms with Crippen LogP contribution < -0.4 is 4.74 Å². The van der Waals surface area contributed by atoms with Crippen molar-refractivity contribution in [3.05, 3.63) is 102 Å². The van der Waals surface area contributed by atoms with E-state index in [1.807, 2.05) is 31.2 Å². The number of rotatable bonds is 10. The normalized spacial score (nSPS) is 11.3. The first-order valence-electron chi connectivity index (χ1n) is 10.9. The molecule has 2 heterocycles. The van der Waals surface area contributed by atoms with Crippen LogP contribution in [0.25, 0.3) is 0 Å². The second-order valence-electron chi connectivity index (χ2n) is 7.63. The first-order valence-corrected chi connectivity index (χ1v) is 12.4. The van der Waals surface area contributed by atoms with Crippen LogP contribution in [0.5, 0.6) is 5.75 Å². The molecule has 0 bridgehead atoms. The molecular weight excluding hydrogens is 454 g/mol. The van der Waals surface area contributed by atoms with Crippen molar-refractivity contribution in [1.82, 2.24) is 4.90 Å². The smallest absolute Gasteiger partial charge is 0.290 e. The summed E-state index contributed by atoms with van der Waals surface area (Å²) in [4.78, 5) is 15.1. The Labute approximate surface area is 198 Å². The Kier molecular flexibility index (Phi) is 7.18. The van der Waals surface area contributed by atoms with Gasteiger partial charge in [0.15, 0.2) is 5.76 Å². The molecule has 0 N–H and O–H groups in total. The molecule has 0 radical (unpaired) electrons. The lowest BCUT2D eigenvalue weighted by Gasteiger charge is -2.22. The fourth-order valence-corrected chi connectivity index (χ4v) is 4.63. The van der Waals surface area contributed by atoms with Crippen molar-refractivity contribution in [2.24, 2.45) is 0 Å². The molecule has 4 rings (SSSR count). The number of hydrogen-bond donors (Lipinski definition) is 0. The van der Waals surface area contributed by atoms with Gasteiger partial charge in [0.1, 0.15) is 11.5 Å². The van der Waals surface area contributed by atoms with Crippen molar-refractivity contribution in [2.45, 2.75) is 36.4 Å². The van der Waals surface area contributed by atoms with Gasteiger partial charge in [0, 0.05) is 5.56 Å². The highest BCUT2D eigenvalue weighted by Gasteiger charge is 2.26. The van der Waals surface area contributed by atoms with Crippen LogP contribution in [0.1, 0.15) is 35.2 Å². The van der Waals surface area contributed by atoms with Crippen LogP contribution >= 0.6 is 0 Å². The Hall–Kier alpha value is -3.78. The van der Waals surface area contributed by atoms with Crippen LogP contribution in [-0.2, 0) is 22.9 Å². The Morgan fingerprint density at radius 3 is 2.41 bits per heavy atom. The number of para-hydroxylation sites is 1. The zero-order valence-corrected chi connectivity index (χ0v) is 19.5. The van der Waals surface area contributed by atoms with Gasteiger partial charge in [-0.2, -0.15) is 0 Å². The summed E-state index contributed by atoms with van der Waals surface area (Å²) in [5, 5.41) is -0.285. The molecule has 0 saturated carbocycles. The maximum atomic E-state index is 13.4. The van der Waals surface area contributed by atoms with Crippen LogP contribution in [0.3, 0.4) is 0 Å². The van der Waals surface area contributed by atoms with E-state index in [-0.39, 0.29) is 28.8 Å². The number of furan rings is 2. The topological polar surface area (TPSA) is 90.0 Å². The lowest BCUT2D eigenvalue weighted by molar-refractivity contribution is 0.0678. The van der Waals surface area contributed by atoms with Crippen LogP contribution in [0.15, 0.2) is 104 Å². The summed E-state index contributed by atoms with van der Waals surface area (Å²) in [5.41, 5.74) is 0.819. The lowest BCUT2D eigenvalue weighted by atomic mass is 10.1. The van der Waals surface area contributed by atoms with Gasteiger partial charge in [-0.3, -0.25) is 4.79 Å². The molecule has 7 nitrogen and oxygen atoms in total. The number of sulfone groups is 1. The first kappa shape index (κ1) is 23.4. The molecule has 176 valence electrons. The average Bonchev–Trinajstić information content (AvgIpc) is 3.56. The van der Waals surface area contributed by atoms with E-state index in [4.69, 9.17) is 13.6 Å². The molecule has 2 aromatic carbocycles. The number of amides is 1. The number of benzene rings is 2. The highest BCUT2D eigenvalue weighted by atomic mass is 32.2. The molecule has 0 aliphatic rings. The van der Waals surface area contributed by atoms with Crippen molar-refractivity contribution >= 4 is 15.7 Å². The molecular formula is C26H25NO6S. The second kappa shape index (κ2) is 10.4. The maximum absolute atomic E-state index is 13.4. The molecule has 0 saturated heterocycles. The monoisotopic (exact) mass is 479 g/mol. The summed E-state index contributed by atoms with van der Waals surface area (Å²) >= 11 is 0. The standard InChI is InChI=1S/C26H25NO6S/c1-2-16-32-23-13-7-6-9-20(23)18-27(19-21-10-8-17-31-21)26(28)24-14-15-25(33-24)34(29,30)22-11-4-3-5-12-22/h3-15,17H,2,16,18-19H2,1H3. The van der Waals surface area contributed by atoms with Gasteiger partial charge in [-0.05, 0) is 48.9 Å². The third-order valence-corrected chi connectivity index (χ3v) is 6.76. The molecule has 0 fully saturated rings. The summed E-state index contributed by atoms with van der Waals surface area (Å²) in [6, 6.07) is 21.7. The first-order chi connectivity index (χ1) is 16.5. The van der Waals surface area contributed by atoms with E-state index in [1.54, 1.807) is 30.3 Å². The maximum Gasteiger partial charge on any atom is 0.290 e. The van der Waals surface area contributed by atoms with Crippen molar-refractivity contribution in [3.63, 3.8) is 0 Å². The SMILES string of the molecule is CCCOc1ccccc1CN(Cc1ccco1)C(=O)c1ccc(S(=O)(=O)c2ccccc2)o1. The highest BCUT2D eigenvalue weighted by molar-refractivity contribution is 7.91. The van der Waals surface area contributed by atoms with Crippen LogP contribution in [0.4, 0.5) is 0 Å². The van der Waals surface area contributed by atoms with Gasteiger partial charge >= 0.3 is 0 Å². The van der Waals surface area contributed by atoms with Gasteiger partial charge in [-0.1, -0.05) is 43.3 Å². The van der Waals surface area contributed by atoms with Crippen LogP contribution in [0, 0.1) is 0 Å². The Balaban J connectivity index is 1.62. The van der Waals surface area contributed by atoms with Gasteiger partial charge in [-0.25, -0.2) is 8.42 Å². The van der Waals surface area contributed by atoms with E-state index in [9.17, 15) is 13.2 Å². The molecule has 0 aliphatic heterocycles. The zero-order valence-electron chi connectivity index (χ0n) is 18.7. The molecule has 0 spiro atoms. The Morgan fingerprint density at radius 1 is 0.912 bits per heavy atom. The minimum atomic E-state index is -3.88. The Morgan fingerprint density at radius 2 is 1.68 bits per heavy atom. The number of hydrogen-bond acceptors (Lipinski definition) is 6. The molecule has 0 unspecified atom stereocenters. The molecule has 34 heavy (non-hydrogen) atoms. The van der Waals surface area contributed by atoms with Gasteiger partial charge in [0.25, 0.3) is 5.91 Å². The summed E-state index contributed by atoms with van der Waals surface area (Å²) in [7, 11) is -3.88. The number of ether oxygens (including phenoxy) is 1. The largest absolute Gasteiger partial charge is 0.493 e.